The highest BCUT2D eigenvalue weighted by Crippen LogP contribution is 2.23. The lowest BCUT2D eigenvalue weighted by molar-refractivity contribution is -0.909. The van der Waals surface area contributed by atoms with Crippen molar-refractivity contribution in [2.75, 3.05) is 33.3 Å². The van der Waals surface area contributed by atoms with Gasteiger partial charge in [-0.3, -0.25) is 0 Å². The molecule has 20 heavy (non-hydrogen) atoms. The molecule has 1 aliphatic rings. The molecule has 0 bridgehead atoms. The molecular formula is C18H30NO+. The Bertz CT molecular complexity index is 399. The predicted octanol–water partition coefficient (Wildman–Crippen LogP) is 4.09. The maximum Gasteiger partial charge on any atom is 0.125 e. The quantitative estimate of drug-likeness (QED) is 0.581. The smallest absolute Gasteiger partial charge is 0.125 e. The van der Waals surface area contributed by atoms with Gasteiger partial charge in [-0.25, -0.2) is 0 Å². The summed E-state index contributed by atoms with van der Waals surface area (Å²) in [6.07, 6.45) is 6.80. The molecular weight excluding hydrogens is 246 g/mol. The van der Waals surface area contributed by atoms with Crippen LogP contribution in [0.15, 0.2) is 18.2 Å². The van der Waals surface area contributed by atoms with Crippen molar-refractivity contribution in [2.45, 2.75) is 46.0 Å². The van der Waals surface area contributed by atoms with E-state index < -0.39 is 0 Å². The Morgan fingerprint density at radius 2 is 1.60 bits per heavy atom. The average molecular weight is 276 g/mol. The first-order chi connectivity index (χ1) is 9.61. The first kappa shape index (κ1) is 15.4. The van der Waals surface area contributed by atoms with Crippen LogP contribution in [0.25, 0.3) is 0 Å². The molecule has 0 atom stereocenters. The number of likely N-dealkylation sites (tertiary alicyclic amines) is 1. The third kappa shape index (κ3) is 4.24. The number of hydrogen-bond donors (Lipinski definition) is 0. The lowest BCUT2D eigenvalue weighted by Gasteiger charge is -2.33. The summed E-state index contributed by atoms with van der Waals surface area (Å²) >= 11 is 0. The molecule has 2 rings (SSSR count). The highest BCUT2D eigenvalue weighted by Gasteiger charge is 2.22. The number of ether oxygens (including phenoxy) is 1. The number of nitrogens with zero attached hydrogens (tertiary/aromatic N) is 1. The SMILES string of the molecule is Cc1cccc(C)c1OCCC[N+]1(C)CCCCCC1. The van der Waals surface area contributed by atoms with Gasteiger partial charge in [-0.2, -0.15) is 0 Å². The normalized spacial score (nSPS) is 18.6. The standard InChI is InChI=1S/C18H30NO/c1-16-10-8-11-17(2)18(16)20-15-9-14-19(3)12-6-4-5-7-13-19/h8,10-11H,4-7,9,12-15H2,1-3H3/q+1. The summed E-state index contributed by atoms with van der Waals surface area (Å²) in [6, 6.07) is 6.36. The van der Waals surface area contributed by atoms with E-state index in [2.05, 4.69) is 39.1 Å². The summed E-state index contributed by atoms with van der Waals surface area (Å²) in [5.41, 5.74) is 2.50. The fourth-order valence-electron chi connectivity index (χ4n) is 3.32. The second-order valence-electron chi connectivity index (χ2n) is 6.63. The number of benzene rings is 1. The Morgan fingerprint density at radius 1 is 1.00 bits per heavy atom. The topological polar surface area (TPSA) is 9.23 Å². The number of aryl methyl sites for hydroxylation is 2. The molecule has 2 heteroatoms. The molecule has 0 amide bonds. The first-order valence-corrected chi connectivity index (χ1v) is 8.13. The third-order valence-electron chi connectivity index (χ3n) is 4.64. The van der Waals surface area contributed by atoms with Gasteiger partial charge in [-0.1, -0.05) is 18.2 Å². The van der Waals surface area contributed by atoms with Gasteiger partial charge in [0, 0.05) is 6.42 Å². The fraction of sp³-hybridized carbons (Fsp3) is 0.667. The molecule has 0 aromatic heterocycles. The summed E-state index contributed by atoms with van der Waals surface area (Å²) in [4.78, 5) is 0. The van der Waals surface area contributed by atoms with Gasteiger partial charge in [0.25, 0.3) is 0 Å². The van der Waals surface area contributed by atoms with Gasteiger partial charge < -0.3 is 9.22 Å². The van der Waals surface area contributed by atoms with E-state index >= 15 is 0 Å². The second kappa shape index (κ2) is 7.12. The van der Waals surface area contributed by atoms with Crippen molar-refractivity contribution in [3.05, 3.63) is 29.3 Å². The third-order valence-corrected chi connectivity index (χ3v) is 4.64. The molecule has 112 valence electrons. The largest absolute Gasteiger partial charge is 0.493 e. The van der Waals surface area contributed by atoms with Crippen LogP contribution in [0, 0.1) is 13.8 Å². The van der Waals surface area contributed by atoms with E-state index in [9.17, 15) is 0 Å². The minimum absolute atomic E-state index is 0.847. The molecule has 0 spiro atoms. The van der Waals surface area contributed by atoms with Crippen LogP contribution in [0.1, 0.15) is 43.2 Å². The highest BCUT2D eigenvalue weighted by atomic mass is 16.5. The van der Waals surface area contributed by atoms with Crippen LogP contribution in [0.4, 0.5) is 0 Å². The average Bonchev–Trinajstić information content (AvgIpc) is 2.63. The van der Waals surface area contributed by atoms with E-state index in [-0.39, 0.29) is 0 Å². The van der Waals surface area contributed by atoms with Crippen LogP contribution in [0.5, 0.6) is 5.75 Å². The van der Waals surface area contributed by atoms with Crippen LogP contribution < -0.4 is 4.74 Å². The van der Waals surface area contributed by atoms with Crippen LogP contribution in [0.2, 0.25) is 0 Å². The zero-order valence-electron chi connectivity index (χ0n) is 13.5. The minimum atomic E-state index is 0.847. The number of quaternary nitrogens is 1. The molecule has 0 radical (unpaired) electrons. The van der Waals surface area contributed by atoms with Gasteiger partial charge in [-0.05, 0) is 50.7 Å². The molecule has 0 unspecified atom stereocenters. The van der Waals surface area contributed by atoms with Gasteiger partial charge >= 0.3 is 0 Å². The van der Waals surface area contributed by atoms with E-state index in [1.807, 2.05) is 0 Å². The van der Waals surface area contributed by atoms with Crippen molar-refractivity contribution < 1.29 is 9.22 Å². The van der Waals surface area contributed by atoms with Crippen molar-refractivity contribution in [3.63, 3.8) is 0 Å². The molecule has 1 saturated heterocycles. The maximum atomic E-state index is 6.02. The first-order valence-electron chi connectivity index (χ1n) is 8.13. The summed E-state index contributed by atoms with van der Waals surface area (Å²) in [5.74, 6) is 1.09. The van der Waals surface area contributed by atoms with E-state index in [0.717, 1.165) is 18.8 Å². The Balaban J connectivity index is 1.78. The molecule has 0 N–H and O–H groups in total. The summed E-state index contributed by atoms with van der Waals surface area (Å²) in [6.45, 7) is 9.06. The van der Waals surface area contributed by atoms with Crippen LogP contribution >= 0.6 is 0 Å². The lowest BCUT2D eigenvalue weighted by atomic mass is 10.1. The molecule has 0 aliphatic carbocycles. The minimum Gasteiger partial charge on any atom is -0.493 e. The van der Waals surface area contributed by atoms with E-state index in [0.29, 0.717) is 0 Å². The Labute approximate surface area is 124 Å². The van der Waals surface area contributed by atoms with Crippen molar-refractivity contribution >= 4 is 0 Å². The monoisotopic (exact) mass is 276 g/mol. The summed E-state index contributed by atoms with van der Waals surface area (Å²) < 4.78 is 7.27. The van der Waals surface area contributed by atoms with Gasteiger partial charge in [0.05, 0.1) is 33.3 Å². The van der Waals surface area contributed by atoms with Crippen molar-refractivity contribution in [1.29, 1.82) is 0 Å². The van der Waals surface area contributed by atoms with Crippen molar-refractivity contribution in [3.8, 4) is 5.75 Å². The Morgan fingerprint density at radius 3 is 2.20 bits per heavy atom. The molecule has 1 aromatic carbocycles. The summed E-state index contributed by atoms with van der Waals surface area (Å²) in [7, 11) is 2.42. The Kier molecular flexibility index (Phi) is 5.47. The zero-order valence-corrected chi connectivity index (χ0v) is 13.5. The second-order valence-corrected chi connectivity index (χ2v) is 6.63. The molecule has 1 fully saturated rings. The molecule has 1 aliphatic heterocycles. The summed E-state index contributed by atoms with van der Waals surface area (Å²) in [5, 5.41) is 0. The van der Waals surface area contributed by atoms with Crippen molar-refractivity contribution in [2.24, 2.45) is 0 Å². The van der Waals surface area contributed by atoms with Gasteiger partial charge in [0.2, 0.25) is 0 Å². The van der Waals surface area contributed by atoms with Gasteiger partial charge in [-0.15, -0.1) is 0 Å². The van der Waals surface area contributed by atoms with Crippen LogP contribution in [0.3, 0.4) is 0 Å². The van der Waals surface area contributed by atoms with E-state index in [1.54, 1.807) is 0 Å². The highest BCUT2D eigenvalue weighted by molar-refractivity contribution is 5.39. The zero-order chi connectivity index (χ0) is 14.4. The maximum absolute atomic E-state index is 6.02. The fourth-order valence-corrected chi connectivity index (χ4v) is 3.32. The lowest BCUT2D eigenvalue weighted by Crippen LogP contribution is -2.45. The Hall–Kier alpha value is -1.02. The molecule has 2 nitrogen and oxygen atoms in total. The van der Waals surface area contributed by atoms with E-state index in [4.69, 9.17) is 4.74 Å². The molecule has 1 aromatic rings. The molecule has 0 saturated carbocycles. The van der Waals surface area contributed by atoms with Crippen LogP contribution in [-0.2, 0) is 0 Å². The number of para-hydroxylation sites is 1. The predicted molar refractivity (Wildman–Crippen MR) is 85.3 cm³/mol. The number of hydrogen-bond acceptors (Lipinski definition) is 1. The van der Waals surface area contributed by atoms with E-state index in [1.165, 1.54) is 60.9 Å². The van der Waals surface area contributed by atoms with Gasteiger partial charge in [0.15, 0.2) is 0 Å². The van der Waals surface area contributed by atoms with Crippen molar-refractivity contribution in [1.82, 2.24) is 0 Å². The van der Waals surface area contributed by atoms with Gasteiger partial charge in [0.1, 0.15) is 5.75 Å². The number of rotatable bonds is 5. The molecule has 1 heterocycles. The van der Waals surface area contributed by atoms with Crippen LogP contribution in [-0.4, -0.2) is 37.8 Å².